The van der Waals surface area contributed by atoms with Crippen LogP contribution in [-0.4, -0.2) is 37.4 Å². The zero-order chi connectivity index (χ0) is 24.8. The van der Waals surface area contributed by atoms with Crippen LogP contribution < -0.4 is 10.2 Å². The Balaban J connectivity index is 1.92. The fourth-order valence-electron chi connectivity index (χ4n) is 3.90. The van der Waals surface area contributed by atoms with Gasteiger partial charge >= 0.3 is 0 Å². The monoisotopic (exact) mass is 477 g/mol. The average molecular weight is 478 g/mol. The van der Waals surface area contributed by atoms with Gasteiger partial charge in [0.15, 0.2) is 0 Å². The normalized spacial score (nSPS) is 10.8. The highest BCUT2D eigenvalue weighted by Crippen LogP contribution is 2.26. The standard InChI is InChI=1S/C28H32ClN3O2/c1-19(2)17-32(28(34)21-10-8-9-20(3)15-21)18-22-16-23(13-14-26(22)31(4)5)30-27(33)24-11-6-7-12-25(24)29/h6-16,19H,17-18H2,1-5H3,(H,30,33). The highest BCUT2D eigenvalue weighted by molar-refractivity contribution is 6.34. The maximum absolute atomic E-state index is 13.4. The van der Waals surface area contributed by atoms with E-state index in [-0.39, 0.29) is 11.8 Å². The van der Waals surface area contributed by atoms with Crippen molar-refractivity contribution in [2.75, 3.05) is 30.9 Å². The Morgan fingerprint density at radius 3 is 2.35 bits per heavy atom. The van der Waals surface area contributed by atoms with Gasteiger partial charge in [-0.1, -0.05) is 55.3 Å². The lowest BCUT2D eigenvalue weighted by atomic mass is 10.1. The highest BCUT2D eigenvalue weighted by Gasteiger charge is 2.20. The molecule has 0 aromatic heterocycles. The molecule has 0 spiro atoms. The molecule has 2 amide bonds. The molecule has 0 bridgehead atoms. The van der Waals surface area contributed by atoms with E-state index in [2.05, 4.69) is 19.2 Å². The Hall–Kier alpha value is -3.31. The van der Waals surface area contributed by atoms with Gasteiger partial charge in [0.05, 0.1) is 10.6 Å². The Labute approximate surface area is 207 Å². The molecular formula is C28H32ClN3O2. The Bertz CT molecular complexity index is 1170. The third-order valence-electron chi connectivity index (χ3n) is 5.44. The molecule has 0 heterocycles. The summed E-state index contributed by atoms with van der Waals surface area (Å²) in [7, 11) is 3.94. The molecule has 0 aliphatic carbocycles. The van der Waals surface area contributed by atoms with Gasteiger partial charge in [-0.15, -0.1) is 0 Å². The molecule has 0 saturated heterocycles. The summed E-state index contributed by atoms with van der Waals surface area (Å²) >= 11 is 6.19. The second-order valence-corrected chi connectivity index (χ2v) is 9.53. The van der Waals surface area contributed by atoms with Crippen LogP contribution in [0, 0.1) is 12.8 Å². The summed E-state index contributed by atoms with van der Waals surface area (Å²) in [5.41, 5.74) is 4.73. The van der Waals surface area contributed by atoms with Crippen molar-refractivity contribution in [3.05, 3.63) is 94.0 Å². The van der Waals surface area contributed by atoms with E-state index >= 15 is 0 Å². The highest BCUT2D eigenvalue weighted by atomic mass is 35.5. The summed E-state index contributed by atoms with van der Waals surface area (Å²) in [6, 6.07) is 20.4. The van der Waals surface area contributed by atoms with Crippen LogP contribution in [0.4, 0.5) is 11.4 Å². The van der Waals surface area contributed by atoms with Gasteiger partial charge in [0.1, 0.15) is 0 Å². The molecule has 0 atom stereocenters. The first kappa shape index (κ1) is 25.3. The van der Waals surface area contributed by atoms with Crippen molar-refractivity contribution >= 4 is 34.8 Å². The fourth-order valence-corrected chi connectivity index (χ4v) is 4.12. The lowest BCUT2D eigenvalue weighted by Crippen LogP contribution is -2.34. The molecule has 0 aliphatic heterocycles. The molecular weight excluding hydrogens is 446 g/mol. The average Bonchev–Trinajstić information content (AvgIpc) is 2.78. The first-order valence-electron chi connectivity index (χ1n) is 11.4. The van der Waals surface area contributed by atoms with E-state index in [1.165, 1.54) is 0 Å². The molecule has 34 heavy (non-hydrogen) atoms. The zero-order valence-corrected chi connectivity index (χ0v) is 21.2. The van der Waals surface area contributed by atoms with E-state index in [1.807, 2.05) is 73.3 Å². The largest absolute Gasteiger partial charge is 0.377 e. The molecule has 3 aromatic rings. The molecule has 3 aromatic carbocycles. The SMILES string of the molecule is Cc1cccc(C(=O)N(Cc2cc(NC(=O)c3ccccc3Cl)ccc2N(C)C)CC(C)C)c1. The molecule has 1 N–H and O–H groups in total. The van der Waals surface area contributed by atoms with E-state index in [0.717, 1.165) is 16.8 Å². The lowest BCUT2D eigenvalue weighted by molar-refractivity contribution is 0.0722. The number of amides is 2. The number of carbonyl (C=O) groups is 2. The third kappa shape index (κ3) is 6.39. The van der Waals surface area contributed by atoms with Gasteiger partial charge in [-0.3, -0.25) is 9.59 Å². The molecule has 178 valence electrons. The molecule has 5 nitrogen and oxygen atoms in total. The van der Waals surface area contributed by atoms with E-state index in [1.54, 1.807) is 24.3 Å². The molecule has 0 saturated carbocycles. The minimum Gasteiger partial charge on any atom is -0.377 e. The maximum atomic E-state index is 13.4. The smallest absolute Gasteiger partial charge is 0.257 e. The van der Waals surface area contributed by atoms with Crippen molar-refractivity contribution in [2.45, 2.75) is 27.3 Å². The summed E-state index contributed by atoms with van der Waals surface area (Å²) in [5, 5.41) is 3.34. The van der Waals surface area contributed by atoms with Crippen LogP contribution in [0.15, 0.2) is 66.7 Å². The van der Waals surface area contributed by atoms with Gasteiger partial charge in [0, 0.05) is 44.1 Å². The van der Waals surface area contributed by atoms with E-state index in [4.69, 9.17) is 11.6 Å². The molecule has 0 unspecified atom stereocenters. The minimum absolute atomic E-state index is 0.00684. The van der Waals surface area contributed by atoms with Crippen molar-refractivity contribution in [2.24, 2.45) is 5.92 Å². The Morgan fingerprint density at radius 1 is 0.971 bits per heavy atom. The van der Waals surface area contributed by atoms with Gasteiger partial charge in [-0.05, 0) is 60.9 Å². The summed E-state index contributed by atoms with van der Waals surface area (Å²) in [6.45, 7) is 7.23. The van der Waals surface area contributed by atoms with Crippen molar-refractivity contribution in [1.82, 2.24) is 4.90 Å². The van der Waals surface area contributed by atoms with Crippen LogP contribution in [0.5, 0.6) is 0 Å². The van der Waals surface area contributed by atoms with E-state index in [9.17, 15) is 9.59 Å². The number of carbonyl (C=O) groups excluding carboxylic acids is 2. The number of hydrogen-bond acceptors (Lipinski definition) is 3. The minimum atomic E-state index is -0.274. The summed E-state index contributed by atoms with van der Waals surface area (Å²) in [6.07, 6.45) is 0. The quantitative estimate of drug-likeness (QED) is 0.416. The van der Waals surface area contributed by atoms with Crippen LogP contribution in [0.3, 0.4) is 0 Å². The van der Waals surface area contributed by atoms with Gasteiger partial charge in [-0.25, -0.2) is 0 Å². The molecule has 3 rings (SSSR count). The zero-order valence-electron chi connectivity index (χ0n) is 20.4. The second-order valence-electron chi connectivity index (χ2n) is 9.12. The Morgan fingerprint density at radius 2 is 1.71 bits per heavy atom. The first-order chi connectivity index (χ1) is 16.2. The number of nitrogens with zero attached hydrogens (tertiary/aromatic N) is 2. The van der Waals surface area contributed by atoms with Crippen molar-refractivity contribution in [1.29, 1.82) is 0 Å². The summed E-state index contributed by atoms with van der Waals surface area (Å²) in [5.74, 6) is 0.0244. The van der Waals surface area contributed by atoms with Gasteiger partial charge < -0.3 is 15.1 Å². The number of nitrogens with one attached hydrogen (secondary N) is 1. The topological polar surface area (TPSA) is 52.7 Å². The second kappa shape index (κ2) is 11.2. The summed E-state index contributed by atoms with van der Waals surface area (Å²) in [4.78, 5) is 30.1. The van der Waals surface area contributed by atoms with Crippen molar-refractivity contribution < 1.29 is 9.59 Å². The van der Waals surface area contributed by atoms with Gasteiger partial charge in [0.2, 0.25) is 0 Å². The maximum Gasteiger partial charge on any atom is 0.257 e. The number of anilines is 2. The lowest BCUT2D eigenvalue weighted by Gasteiger charge is -2.28. The van der Waals surface area contributed by atoms with Crippen LogP contribution in [0.25, 0.3) is 0 Å². The molecule has 0 fully saturated rings. The predicted octanol–water partition coefficient (Wildman–Crippen LogP) is 6.27. The number of benzene rings is 3. The number of aryl methyl sites for hydroxylation is 1. The van der Waals surface area contributed by atoms with Gasteiger partial charge in [-0.2, -0.15) is 0 Å². The van der Waals surface area contributed by atoms with E-state index in [0.29, 0.717) is 40.8 Å². The number of hydrogen-bond donors (Lipinski definition) is 1. The van der Waals surface area contributed by atoms with Gasteiger partial charge in [0.25, 0.3) is 11.8 Å². The molecule has 6 heteroatoms. The predicted molar refractivity (Wildman–Crippen MR) is 141 cm³/mol. The number of rotatable bonds is 8. The number of halogens is 1. The fraction of sp³-hybridized carbons (Fsp3) is 0.286. The first-order valence-corrected chi connectivity index (χ1v) is 11.8. The molecule has 0 aliphatic rings. The van der Waals surface area contributed by atoms with Crippen molar-refractivity contribution in [3.63, 3.8) is 0 Å². The summed E-state index contributed by atoms with van der Waals surface area (Å²) < 4.78 is 0. The third-order valence-corrected chi connectivity index (χ3v) is 5.77. The van der Waals surface area contributed by atoms with Crippen LogP contribution in [0.1, 0.15) is 45.7 Å². The molecule has 0 radical (unpaired) electrons. The van der Waals surface area contributed by atoms with Crippen molar-refractivity contribution in [3.8, 4) is 0 Å². The van der Waals surface area contributed by atoms with E-state index < -0.39 is 0 Å². The van der Waals surface area contributed by atoms with Crippen LogP contribution >= 0.6 is 11.6 Å². The Kier molecular flexibility index (Phi) is 8.35. The van der Waals surface area contributed by atoms with Crippen LogP contribution in [-0.2, 0) is 6.54 Å². The van der Waals surface area contributed by atoms with Crippen LogP contribution in [0.2, 0.25) is 5.02 Å².